The molecule has 2 N–H and O–H groups in total. The summed E-state index contributed by atoms with van der Waals surface area (Å²) in [4.78, 5) is 12.3. The monoisotopic (exact) mass is 322 g/mol. The van der Waals surface area contributed by atoms with Gasteiger partial charge in [-0.2, -0.15) is 0 Å². The number of methoxy groups -OCH3 is 1. The van der Waals surface area contributed by atoms with Crippen LogP contribution in [-0.2, 0) is 4.74 Å². The molecule has 0 unspecified atom stereocenters. The van der Waals surface area contributed by atoms with Crippen LogP contribution in [0.1, 0.15) is 32.1 Å². The average molecular weight is 322 g/mol. The number of carbonyl (C=O) groups is 1. The molecule has 2 aliphatic rings. The lowest BCUT2D eigenvalue weighted by Crippen LogP contribution is -2.48. The van der Waals surface area contributed by atoms with E-state index in [1.807, 2.05) is 0 Å². The molecule has 6 heteroatoms. The van der Waals surface area contributed by atoms with Crippen LogP contribution in [0.3, 0.4) is 0 Å². The number of halogens is 1. The minimum absolute atomic E-state index is 0.0755. The van der Waals surface area contributed by atoms with Crippen molar-refractivity contribution in [2.75, 3.05) is 25.6 Å². The number of urea groups is 1. The highest BCUT2D eigenvalue weighted by atomic mass is 19.1. The molecule has 0 aromatic heterocycles. The molecule has 23 heavy (non-hydrogen) atoms. The lowest BCUT2D eigenvalue weighted by atomic mass is 9.75. The highest BCUT2D eigenvalue weighted by molar-refractivity contribution is 5.91. The predicted molar refractivity (Wildman–Crippen MR) is 85.2 cm³/mol. The summed E-state index contributed by atoms with van der Waals surface area (Å²) in [6, 6.07) is 4.20. The van der Waals surface area contributed by atoms with Gasteiger partial charge in [0.25, 0.3) is 0 Å². The Hall–Kier alpha value is -1.82. The van der Waals surface area contributed by atoms with Crippen molar-refractivity contribution in [2.24, 2.45) is 5.41 Å². The second kappa shape index (κ2) is 6.74. The molecule has 1 aromatic rings. The number of para-hydroxylation sites is 1. The van der Waals surface area contributed by atoms with Gasteiger partial charge in [0.2, 0.25) is 0 Å². The summed E-state index contributed by atoms with van der Waals surface area (Å²) in [5.74, 6) is -0.195. The van der Waals surface area contributed by atoms with E-state index < -0.39 is 5.82 Å². The third kappa shape index (κ3) is 3.27. The standard InChI is InChI=1S/C17H23FN2O3/c1-22-13-5-2-4-12(18)15(13)20-16(21)19-14-6-3-7-17(14)8-10-23-11-9-17/h2,4-5,14H,3,6-11H2,1H3,(H2,19,20,21)/t14-/m0/s1. The van der Waals surface area contributed by atoms with Crippen molar-refractivity contribution in [2.45, 2.75) is 38.1 Å². The maximum Gasteiger partial charge on any atom is 0.319 e. The molecule has 1 atom stereocenters. The van der Waals surface area contributed by atoms with E-state index in [2.05, 4.69) is 10.6 Å². The van der Waals surface area contributed by atoms with Gasteiger partial charge in [-0.05, 0) is 43.2 Å². The maximum atomic E-state index is 13.9. The van der Waals surface area contributed by atoms with Gasteiger partial charge in [-0.25, -0.2) is 9.18 Å². The molecule has 1 aliphatic carbocycles. The summed E-state index contributed by atoms with van der Waals surface area (Å²) in [7, 11) is 1.45. The molecule has 2 amide bonds. The van der Waals surface area contributed by atoms with E-state index in [1.165, 1.54) is 13.2 Å². The Morgan fingerprint density at radius 1 is 1.35 bits per heavy atom. The van der Waals surface area contributed by atoms with Crippen molar-refractivity contribution >= 4 is 11.7 Å². The first-order valence-electron chi connectivity index (χ1n) is 8.12. The number of ether oxygens (including phenoxy) is 2. The van der Waals surface area contributed by atoms with Crippen LogP contribution in [0, 0.1) is 11.2 Å². The molecule has 1 heterocycles. The van der Waals surface area contributed by atoms with Gasteiger partial charge in [0, 0.05) is 19.3 Å². The number of anilines is 1. The topological polar surface area (TPSA) is 59.6 Å². The Kier molecular flexibility index (Phi) is 4.71. The smallest absolute Gasteiger partial charge is 0.319 e. The van der Waals surface area contributed by atoms with Crippen molar-refractivity contribution in [3.63, 3.8) is 0 Å². The molecular formula is C17H23FN2O3. The largest absolute Gasteiger partial charge is 0.494 e. The summed E-state index contributed by atoms with van der Waals surface area (Å²) in [6.07, 6.45) is 5.13. The van der Waals surface area contributed by atoms with Crippen LogP contribution < -0.4 is 15.4 Å². The van der Waals surface area contributed by atoms with Gasteiger partial charge in [-0.15, -0.1) is 0 Å². The second-order valence-electron chi connectivity index (χ2n) is 6.34. The molecule has 1 spiro atoms. The van der Waals surface area contributed by atoms with Gasteiger partial charge < -0.3 is 20.1 Å². The van der Waals surface area contributed by atoms with E-state index >= 15 is 0 Å². The molecule has 1 aromatic carbocycles. The van der Waals surface area contributed by atoms with Crippen LogP contribution >= 0.6 is 0 Å². The number of hydrogen-bond donors (Lipinski definition) is 2. The summed E-state index contributed by atoms with van der Waals surface area (Å²) in [6.45, 7) is 1.50. The van der Waals surface area contributed by atoms with Gasteiger partial charge in [0.1, 0.15) is 11.4 Å². The van der Waals surface area contributed by atoms with E-state index in [1.54, 1.807) is 12.1 Å². The molecule has 0 radical (unpaired) electrons. The Bertz CT molecular complexity index is 573. The van der Waals surface area contributed by atoms with Crippen molar-refractivity contribution in [3.05, 3.63) is 24.0 Å². The molecule has 1 saturated carbocycles. The summed E-state index contributed by atoms with van der Waals surface area (Å²) in [5.41, 5.74) is 0.209. The van der Waals surface area contributed by atoms with Crippen LogP contribution in [0.2, 0.25) is 0 Å². The van der Waals surface area contributed by atoms with Crippen molar-refractivity contribution < 1.29 is 18.7 Å². The normalized spacial score (nSPS) is 22.8. The van der Waals surface area contributed by atoms with E-state index in [9.17, 15) is 9.18 Å². The van der Waals surface area contributed by atoms with Gasteiger partial charge in [-0.3, -0.25) is 0 Å². The van der Waals surface area contributed by atoms with E-state index in [0.29, 0.717) is 5.75 Å². The molecule has 0 bridgehead atoms. The van der Waals surface area contributed by atoms with Gasteiger partial charge in [0.15, 0.2) is 5.82 Å². The quantitative estimate of drug-likeness (QED) is 0.897. The third-order valence-corrected chi connectivity index (χ3v) is 5.13. The zero-order valence-electron chi connectivity index (χ0n) is 13.4. The molecule has 1 aliphatic heterocycles. The van der Waals surface area contributed by atoms with Crippen LogP contribution in [-0.4, -0.2) is 32.4 Å². The number of nitrogens with one attached hydrogen (secondary N) is 2. The molecule has 126 valence electrons. The fourth-order valence-electron chi connectivity index (χ4n) is 3.84. The summed E-state index contributed by atoms with van der Waals surface area (Å²) < 4.78 is 24.5. The van der Waals surface area contributed by atoms with Crippen LogP contribution in [0.4, 0.5) is 14.9 Å². The highest BCUT2D eigenvalue weighted by Crippen LogP contribution is 2.46. The second-order valence-corrected chi connectivity index (χ2v) is 6.34. The van der Waals surface area contributed by atoms with Crippen LogP contribution in [0.15, 0.2) is 18.2 Å². The lowest BCUT2D eigenvalue weighted by Gasteiger charge is -2.39. The molecule has 1 saturated heterocycles. The summed E-state index contributed by atoms with van der Waals surface area (Å²) in [5, 5.41) is 5.64. The molecule has 5 nitrogen and oxygen atoms in total. The maximum absolute atomic E-state index is 13.9. The highest BCUT2D eigenvalue weighted by Gasteiger charge is 2.44. The Labute approximate surface area is 135 Å². The molecular weight excluding hydrogens is 299 g/mol. The van der Waals surface area contributed by atoms with E-state index in [0.717, 1.165) is 45.3 Å². The first kappa shape index (κ1) is 16.1. The first-order valence-corrected chi connectivity index (χ1v) is 8.12. The number of amides is 2. The number of carbonyl (C=O) groups excluding carboxylic acids is 1. The number of benzene rings is 1. The van der Waals surface area contributed by atoms with Crippen molar-refractivity contribution in [1.82, 2.24) is 5.32 Å². The van der Waals surface area contributed by atoms with Gasteiger partial charge in [0.05, 0.1) is 7.11 Å². The average Bonchev–Trinajstić information content (AvgIpc) is 2.92. The minimum Gasteiger partial charge on any atom is -0.494 e. The zero-order valence-corrected chi connectivity index (χ0v) is 13.4. The minimum atomic E-state index is -0.508. The number of hydrogen-bond acceptors (Lipinski definition) is 3. The van der Waals surface area contributed by atoms with E-state index in [-0.39, 0.29) is 23.2 Å². The number of rotatable bonds is 3. The lowest BCUT2D eigenvalue weighted by molar-refractivity contribution is 0.00652. The third-order valence-electron chi connectivity index (χ3n) is 5.13. The fraction of sp³-hybridized carbons (Fsp3) is 0.588. The van der Waals surface area contributed by atoms with Gasteiger partial charge in [-0.1, -0.05) is 12.5 Å². The SMILES string of the molecule is COc1cccc(F)c1NC(=O)N[C@H]1CCCC12CCOCC2. The Balaban J connectivity index is 1.68. The zero-order chi connectivity index (χ0) is 16.3. The van der Waals surface area contributed by atoms with E-state index in [4.69, 9.17) is 9.47 Å². The summed E-state index contributed by atoms with van der Waals surface area (Å²) >= 11 is 0. The van der Waals surface area contributed by atoms with Crippen LogP contribution in [0.25, 0.3) is 0 Å². The predicted octanol–water partition coefficient (Wildman–Crippen LogP) is 3.31. The van der Waals surface area contributed by atoms with Crippen molar-refractivity contribution in [3.8, 4) is 5.75 Å². The Morgan fingerprint density at radius 2 is 2.13 bits per heavy atom. The molecule has 2 fully saturated rings. The van der Waals surface area contributed by atoms with Gasteiger partial charge >= 0.3 is 6.03 Å². The Morgan fingerprint density at radius 3 is 2.87 bits per heavy atom. The fourth-order valence-corrected chi connectivity index (χ4v) is 3.84. The molecule has 3 rings (SSSR count). The van der Waals surface area contributed by atoms with Crippen LogP contribution in [0.5, 0.6) is 5.75 Å². The van der Waals surface area contributed by atoms with Crippen molar-refractivity contribution in [1.29, 1.82) is 0 Å². The first-order chi connectivity index (χ1) is 11.1.